The largest absolute Gasteiger partial charge is 0.479 e. The highest BCUT2D eigenvalue weighted by Crippen LogP contribution is 2.12. The van der Waals surface area contributed by atoms with E-state index in [0.29, 0.717) is 0 Å². The first-order valence-electron chi connectivity index (χ1n) is 7.44. The van der Waals surface area contributed by atoms with Crippen molar-refractivity contribution in [3.05, 3.63) is 47.3 Å². The predicted molar refractivity (Wildman–Crippen MR) is 85.0 cm³/mol. The van der Waals surface area contributed by atoms with Gasteiger partial charge in [-0.1, -0.05) is 29.5 Å². The van der Waals surface area contributed by atoms with Gasteiger partial charge in [-0.15, -0.1) is 5.10 Å². The molecule has 0 aliphatic heterocycles. The lowest BCUT2D eigenvalue weighted by molar-refractivity contribution is -0.144. The van der Waals surface area contributed by atoms with Gasteiger partial charge in [-0.2, -0.15) is 0 Å². The third-order valence-electron chi connectivity index (χ3n) is 3.57. The normalized spacial score (nSPS) is 13.3. The quantitative estimate of drug-likeness (QED) is 0.782. The summed E-state index contributed by atoms with van der Waals surface area (Å²) < 4.78 is 6.92. The molecular formula is C16H20N4O4. The van der Waals surface area contributed by atoms with E-state index < -0.39 is 24.0 Å². The highest BCUT2D eigenvalue weighted by molar-refractivity contribution is 5.86. The number of aliphatic carboxylic acids is 1. The Balaban J connectivity index is 1.96. The highest BCUT2D eigenvalue weighted by atomic mass is 16.5. The van der Waals surface area contributed by atoms with Crippen molar-refractivity contribution in [2.45, 2.75) is 32.6 Å². The van der Waals surface area contributed by atoms with Crippen LogP contribution < -0.4 is 5.32 Å². The van der Waals surface area contributed by atoms with Gasteiger partial charge in [0.2, 0.25) is 5.91 Å². The Kier molecular flexibility index (Phi) is 5.64. The van der Waals surface area contributed by atoms with Crippen LogP contribution in [-0.4, -0.2) is 38.1 Å². The Labute approximate surface area is 139 Å². The molecule has 2 rings (SSSR count). The third-order valence-corrected chi connectivity index (χ3v) is 3.57. The molecule has 8 nitrogen and oxygen atoms in total. The zero-order valence-corrected chi connectivity index (χ0v) is 13.8. The molecule has 1 amide bonds. The Morgan fingerprint density at radius 2 is 2.08 bits per heavy atom. The molecule has 1 aromatic carbocycles. The number of nitrogens with one attached hydrogen (secondary N) is 1. The summed E-state index contributed by atoms with van der Waals surface area (Å²) in [5.74, 6) is -1.74. The number of ether oxygens (including phenoxy) is 1. The van der Waals surface area contributed by atoms with Crippen LogP contribution in [0.5, 0.6) is 0 Å². The van der Waals surface area contributed by atoms with E-state index >= 15 is 0 Å². The first kappa shape index (κ1) is 17.6. The molecule has 0 aliphatic carbocycles. The number of aryl methyl sites for hydroxylation is 2. The smallest absolute Gasteiger partial charge is 0.332 e. The summed E-state index contributed by atoms with van der Waals surface area (Å²) in [5.41, 5.74) is 2.19. The lowest BCUT2D eigenvalue weighted by atomic mass is 10.1. The summed E-state index contributed by atoms with van der Waals surface area (Å²) in [7, 11) is 1.62. The van der Waals surface area contributed by atoms with Crippen molar-refractivity contribution < 1.29 is 19.4 Å². The summed E-state index contributed by atoms with van der Waals surface area (Å²) in [6.45, 7) is 3.80. The predicted octanol–water partition coefficient (Wildman–Crippen LogP) is 0.971. The maximum atomic E-state index is 12.2. The fourth-order valence-corrected chi connectivity index (χ4v) is 2.08. The van der Waals surface area contributed by atoms with Crippen LogP contribution in [0.2, 0.25) is 0 Å². The fraction of sp³-hybridized carbons (Fsp3) is 0.375. The van der Waals surface area contributed by atoms with Gasteiger partial charge in [-0.05, 0) is 25.0 Å². The minimum Gasteiger partial charge on any atom is -0.479 e. The van der Waals surface area contributed by atoms with Crippen LogP contribution in [0, 0.1) is 6.92 Å². The molecule has 1 heterocycles. The molecule has 0 saturated heterocycles. The number of amides is 1. The molecule has 24 heavy (non-hydrogen) atoms. The van der Waals surface area contributed by atoms with Crippen molar-refractivity contribution in [3.63, 3.8) is 0 Å². The van der Waals surface area contributed by atoms with Crippen molar-refractivity contribution in [1.29, 1.82) is 0 Å². The Morgan fingerprint density at radius 3 is 2.67 bits per heavy atom. The van der Waals surface area contributed by atoms with E-state index in [1.165, 1.54) is 10.9 Å². The van der Waals surface area contributed by atoms with E-state index in [4.69, 9.17) is 4.74 Å². The van der Waals surface area contributed by atoms with Crippen LogP contribution in [0.3, 0.4) is 0 Å². The van der Waals surface area contributed by atoms with Crippen molar-refractivity contribution in [1.82, 2.24) is 20.3 Å². The number of carbonyl (C=O) groups is 2. The molecule has 128 valence electrons. The second-order valence-corrected chi connectivity index (χ2v) is 5.48. The minimum atomic E-state index is -1.27. The number of hydrogen-bond acceptors (Lipinski definition) is 5. The number of benzene rings is 1. The molecule has 0 spiro atoms. The number of hydrogen-bond donors (Lipinski definition) is 2. The first-order chi connectivity index (χ1) is 11.4. The molecule has 1 aromatic heterocycles. The summed E-state index contributed by atoms with van der Waals surface area (Å²) in [4.78, 5) is 23.5. The van der Waals surface area contributed by atoms with Gasteiger partial charge in [0.05, 0.1) is 12.8 Å². The Bertz CT molecular complexity index is 728. The van der Waals surface area contributed by atoms with E-state index in [2.05, 4.69) is 15.6 Å². The summed E-state index contributed by atoms with van der Waals surface area (Å²) in [6.07, 6.45) is 0.640. The van der Waals surface area contributed by atoms with Crippen molar-refractivity contribution in [2.24, 2.45) is 7.05 Å². The van der Waals surface area contributed by atoms with Crippen LogP contribution >= 0.6 is 0 Å². The third kappa shape index (κ3) is 4.39. The van der Waals surface area contributed by atoms with Gasteiger partial charge in [-0.25, -0.2) is 4.79 Å². The topological polar surface area (TPSA) is 106 Å². The van der Waals surface area contributed by atoms with Crippen molar-refractivity contribution in [3.8, 4) is 0 Å². The lowest BCUT2D eigenvalue weighted by Gasteiger charge is -2.17. The molecule has 0 bridgehead atoms. The van der Waals surface area contributed by atoms with Crippen LogP contribution in [-0.2, 0) is 28.0 Å². The zero-order chi connectivity index (χ0) is 17.7. The van der Waals surface area contributed by atoms with Crippen LogP contribution in [0.15, 0.2) is 30.5 Å². The molecule has 0 radical (unpaired) electrons. The number of aromatic nitrogens is 3. The van der Waals surface area contributed by atoms with Crippen molar-refractivity contribution in [2.75, 3.05) is 0 Å². The van der Waals surface area contributed by atoms with E-state index in [1.54, 1.807) is 14.0 Å². The second kappa shape index (κ2) is 7.69. The van der Waals surface area contributed by atoms with Gasteiger partial charge in [-0.3, -0.25) is 9.48 Å². The molecule has 2 unspecified atom stereocenters. The SMILES string of the molecule is Cc1ccccc1COC(C)C(=O)NC(C(=O)O)c1cn(C)nn1. The lowest BCUT2D eigenvalue weighted by Crippen LogP contribution is -2.40. The van der Waals surface area contributed by atoms with E-state index in [9.17, 15) is 14.7 Å². The molecule has 2 aromatic rings. The number of nitrogens with zero attached hydrogens (tertiary/aromatic N) is 3. The van der Waals surface area contributed by atoms with Crippen molar-refractivity contribution >= 4 is 11.9 Å². The minimum absolute atomic E-state index is 0.157. The number of carbonyl (C=O) groups excluding carboxylic acids is 1. The van der Waals surface area contributed by atoms with Crippen LogP contribution in [0.4, 0.5) is 0 Å². The molecule has 0 saturated carbocycles. The van der Waals surface area contributed by atoms with E-state index in [-0.39, 0.29) is 12.3 Å². The Hall–Kier alpha value is -2.74. The van der Waals surface area contributed by atoms with Crippen LogP contribution in [0.1, 0.15) is 29.8 Å². The maximum Gasteiger partial charge on any atom is 0.332 e. The van der Waals surface area contributed by atoms with Gasteiger partial charge < -0.3 is 15.2 Å². The number of carboxylic acids is 1. The fourth-order valence-electron chi connectivity index (χ4n) is 2.08. The van der Waals surface area contributed by atoms with E-state index in [1.807, 2.05) is 31.2 Å². The van der Waals surface area contributed by atoms with Gasteiger partial charge in [0.1, 0.15) is 11.8 Å². The molecule has 8 heteroatoms. The first-order valence-corrected chi connectivity index (χ1v) is 7.44. The average molecular weight is 332 g/mol. The Morgan fingerprint density at radius 1 is 1.38 bits per heavy atom. The molecular weight excluding hydrogens is 312 g/mol. The number of carboxylic acid groups (broad SMARTS) is 1. The summed E-state index contributed by atoms with van der Waals surface area (Å²) in [5, 5.41) is 19.1. The molecule has 0 aliphatic rings. The average Bonchev–Trinajstić information content (AvgIpc) is 2.97. The standard InChI is InChI=1S/C16H20N4O4/c1-10-6-4-5-7-12(10)9-24-11(2)15(21)17-14(16(22)23)13-8-20(3)19-18-13/h4-8,11,14H,9H2,1-3H3,(H,17,21)(H,22,23). The maximum absolute atomic E-state index is 12.2. The van der Waals surface area contributed by atoms with E-state index in [0.717, 1.165) is 11.1 Å². The highest BCUT2D eigenvalue weighted by Gasteiger charge is 2.27. The van der Waals surface area contributed by atoms with Crippen LogP contribution in [0.25, 0.3) is 0 Å². The molecule has 0 fully saturated rings. The number of rotatable bonds is 7. The summed E-state index contributed by atoms with van der Waals surface area (Å²) >= 11 is 0. The monoisotopic (exact) mass is 332 g/mol. The molecule has 2 N–H and O–H groups in total. The van der Waals surface area contributed by atoms with Gasteiger partial charge in [0, 0.05) is 7.05 Å². The summed E-state index contributed by atoms with van der Waals surface area (Å²) in [6, 6.07) is 6.42. The molecule has 2 atom stereocenters. The second-order valence-electron chi connectivity index (χ2n) is 5.48. The van der Waals surface area contributed by atoms with Gasteiger partial charge in [0.15, 0.2) is 6.04 Å². The van der Waals surface area contributed by atoms with Gasteiger partial charge in [0.25, 0.3) is 0 Å². The van der Waals surface area contributed by atoms with Gasteiger partial charge >= 0.3 is 5.97 Å². The zero-order valence-electron chi connectivity index (χ0n) is 13.8.